The third-order valence-electron chi connectivity index (χ3n) is 4.86. The van der Waals surface area contributed by atoms with Gasteiger partial charge in [0.25, 0.3) is 0 Å². The Morgan fingerprint density at radius 1 is 1.26 bits per heavy atom. The van der Waals surface area contributed by atoms with Gasteiger partial charge in [-0.3, -0.25) is 4.68 Å². The van der Waals surface area contributed by atoms with Crippen molar-refractivity contribution in [3.8, 4) is 11.3 Å². The average molecular weight is 431 g/mol. The van der Waals surface area contributed by atoms with Crippen LogP contribution >= 0.6 is 0 Å². The highest BCUT2D eigenvalue weighted by Crippen LogP contribution is 2.26. The molecule has 1 amide bonds. The Bertz CT molecular complexity index is 965. The van der Waals surface area contributed by atoms with Gasteiger partial charge in [-0.05, 0) is 40.5 Å². The van der Waals surface area contributed by atoms with Crippen molar-refractivity contribution in [1.29, 1.82) is 0 Å². The highest BCUT2D eigenvalue weighted by Gasteiger charge is 2.29. The fraction of sp³-hybridized carbons (Fsp3) is 0.571. The van der Waals surface area contributed by atoms with Crippen LogP contribution in [0.5, 0.6) is 0 Å². The molecule has 0 aliphatic carbocycles. The summed E-state index contributed by atoms with van der Waals surface area (Å²) in [7, 11) is 3.12. The molecule has 0 saturated carbocycles. The minimum atomic E-state index is -0.542. The summed E-state index contributed by atoms with van der Waals surface area (Å²) in [5.74, 6) is -0.114. The number of hydrogen-bond donors (Lipinski definition) is 1. The SMILES string of the molecule is COC(=O)c1c(C)nc(NC2CCCN(C(=O)OC(C)(C)C)C2)nc1-c1cnn(C)c1. The number of nitrogens with zero attached hydrogens (tertiary/aromatic N) is 5. The number of likely N-dealkylation sites (tertiary alicyclic amines) is 1. The lowest BCUT2D eigenvalue weighted by Gasteiger charge is -2.34. The third-order valence-corrected chi connectivity index (χ3v) is 4.86. The normalized spacial score (nSPS) is 16.7. The lowest BCUT2D eigenvalue weighted by atomic mass is 10.1. The number of aryl methyl sites for hydroxylation is 2. The molecule has 1 atom stereocenters. The summed E-state index contributed by atoms with van der Waals surface area (Å²) in [6, 6.07) is -0.0357. The zero-order valence-corrected chi connectivity index (χ0v) is 18.9. The Morgan fingerprint density at radius 3 is 2.61 bits per heavy atom. The number of anilines is 1. The molecule has 1 unspecified atom stereocenters. The quantitative estimate of drug-likeness (QED) is 0.737. The number of piperidine rings is 1. The molecule has 0 aromatic carbocycles. The maximum atomic E-state index is 12.4. The molecule has 1 fully saturated rings. The summed E-state index contributed by atoms with van der Waals surface area (Å²) in [6.45, 7) is 8.43. The van der Waals surface area contributed by atoms with Crippen molar-refractivity contribution < 1.29 is 19.1 Å². The first kappa shape index (κ1) is 22.5. The fourth-order valence-corrected chi connectivity index (χ4v) is 3.51. The van der Waals surface area contributed by atoms with E-state index in [9.17, 15) is 9.59 Å². The van der Waals surface area contributed by atoms with Crippen molar-refractivity contribution in [2.75, 3.05) is 25.5 Å². The van der Waals surface area contributed by atoms with E-state index >= 15 is 0 Å². The lowest BCUT2D eigenvalue weighted by molar-refractivity contribution is 0.0206. The standard InChI is InChI=1S/C21H30N6O4/c1-13-16(18(28)30-6)17(14-10-22-26(5)11-14)25-19(23-13)24-15-8-7-9-27(12-15)20(29)31-21(2,3)4/h10-11,15H,7-9,12H2,1-6H3,(H,23,24,25). The first-order chi connectivity index (χ1) is 14.6. The maximum absolute atomic E-state index is 12.4. The molecular weight excluding hydrogens is 400 g/mol. The van der Waals surface area contributed by atoms with Crippen LogP contribution in [0.15, 0.2) is 12.4 Å². The van der Waals surface area contributed by atoms with Crippen molar-refractivity contribution in [2.45, 2.75) is 52.2 Å². The number of hydrogen-bond acceptors (Lipinski definition) is 8. The van der Waals surface area contributed by atoms with E-state index in [4.69, 9.17) is 9.47 Å². The highest BCUT2D eigenvalue weighted by molar-refractivity contribution is 5.97. The number of rotatable bonds is 4. The number of nitrogens with one attached hydrogen (secondary N) is 1. The molecule has 10 nitrogen and oxygen atoms in total. The van der Waals surface area contributed by atoms with E-state index in [0.29, 0.717) is 41.6 Å². The van der Waals surface area contributed by atoms with Crippen molar-refractivity contribution in [2.24, 2.45) is 7.05 Å². The Balaban J connectivity index is 1.84. The van der Waals surface area contributed by atoms with Gasteiger partial charge in [0.2, 0.25) is 5.95 Å². The van der Waals surface area contributed by atoms with Crippen LogP contribution in [0, 0.1) is 6.92 Å². The Hall–Kier alpha value is -3.17. The van der Waals surface area contributed by atoms with Gasteiger partial charge in [0, 0.05) is 37.9 Å². The van der Waals surface area contributed by atoms with Gasteiger partial charge in [-0.2, -0.15) is 5.10 Å². The summed E-state index contributed by atoms with van der Waals surface area (Å²) in [6.07, 6.45) is 4.80. The molecule has 31 heavy (non-hydrogen) atoms. The van der Waals surface area contributed by atoms with E-state index in [0.717, 1.165) is 12.8 Å². The van der Waals surface area contributed by atoms with Crippen LogP contribution < -0.4 is 5.32 Å². The molecule has 10 heteroatoms. The van der Waals surface area contributed by atoms with Gasteiger partial charge < -0.3 is 19.7 Å². The van der Waals surface area contributed by atoms with Gasteiger partial charge in [-0.1, -0.05) is 0 Å². The molecule has 1 saturated heterocycles. The zero-order chi connectivity index (χ0) is 22.8. The van der Waals surface area contributed by atoms with Crippen LogP contribution in [0.4, 0.5) is 10.7 Å². The molecule has 1 aliphatic heterocycles. The van der Waals surface area contributed by atoms with Crippen molar-refractivity contribution in [3.05, 3.63) is 23.7 Å². The van der Waals surface area contributed by atoms with Crippen LogP contribution in [0.3, 0.4) is 0 Å². The Labute approximate surface area is 181 Å². The number of aromatic nitrogens is 4. The topological polar surface area (TPSA) is 111 Å². The molecule has 3 rings (SSSR count). The van der Waals surface area contributed by atoms with Crippen LogP contribution in [-0.4, -0.2) is 68.6 Å². The minimum Gasteiger partial charge on any atom is -0.465 e. The van der Waals surface area contributed by atoms with Crippen LogP contribution in [0.2, 0.25) is 0 Å². The van der Waals surface area contributed by atoms with Gasteiger partial charge in [-0.15, -0.1) is 0 Å². The molecule has 0 bridgehead atoms. The number of methoxy groups -OCH3 is 1. The van der Waals surface area contributed by atoms with E-state index in [1.54, 1.807) is 35.9 Å². The van der Waals surface area contributed by atoms with E-state index < -0.39 is 11.6 Å². The van der Waals surface area contributed by atoms with Crippen molar-refractivity contribution >= 4 is 18.0 Å². The number of carbonyl (C=O) groups is 2. The van der Waals surface area contributed by atoms with Gasteiger partial charge in [0.05, 0.1) is 24.7 Å². The number of amides is 1. The van der Waals surface area contributed by atoms with E-state index in [1.165, 1.54) is 7.11 Å². The van der Waals surface area contributed by atoms with Gasteiger partial charge >= 0.3 is 12.1 Å². The van der Waals surface area contributed by atoms with E-state index in [-0.39, 0.29) is 12.1 Å². The molecule has 1 aliphatic rings. The second kappa shape index (κ2) is 8.91. The summed E-state index contributed by atoms with van der Waals surface area (Å²) in [5.41, 5.74) is 1.41. The first-order valence-corrected chi connectivity index (χ1v) is 10.3. The summed E-state index contributed by atoms with van der Waals surface area (Å²) < 4.78 is 12.1. The van der Waals surface area contributed by atoms with Crippen LogP contribution in [-0.2, 0) is 16.5 Å². The molecule has 1 N–H and O–H groups in total. The zero-order valence-electron chi connectivity index (χ0n) is 18.9. The van der Waals surface area contributed by atoms with Crippen molar-refractivity contribution in [1.82, 2.24) is 24.6 Å². The third kappa shape index (κ3) is 5.50. The second-order valence-electron chi connectivity index (χ2n) is 8.66. The smallest absolute Gasteiger partial charge is 0.410 e. The van der Waals surface area contributed by atoms with E-state index in [1.807, 2.05) is 20.8 Å². The lowest BCUT2D eigenvalue weighted by Crippen LogP contribution is -2.47. The predicted octanol–water partition coefficient (Wildman–Crippen LogP) is 2.78. The maximum Gasteiger partial charge on any atom is 0.410 e. The molecule has 2 aromatic rings. The van der Waals surface area contributed by atoms with Gasteiger partial charge in [0.15, 0.2) is 0 Å². The highest BCUT2D eigenvalue weighted by atomic mass is 16.6. The molecule has 0 radical (unpaired) electrons. The number of ether oxygens (including phenoxy) is 2. The molecular formula is C21H30N6O4. The monoisotopic (exact) mass is 430 g/mol. The van der Waals surface area contributed by atoms with Crippen LogP contribution in [0.1, 0.15) is 49.7 Å². The number of esters is 1. The van der Waals surface area contributed by atoms with E-state index in [2.05, 4.69) is 20.4 Å². The Kier molecular flexibility index (Phi) is 6.47. The molecule has 168 valence electrons. The van der Waals surface area contributed by atoms with Gasteiger partial charge in [-0.25, -0.2) is 19.6 Å². The molecule has 3 heterocycles. The fourth-order valence-electron chi connectivity index (χ4n) is 3.51. The number of carbonyl (C=O) groups excluding carboxylic acids is 2. The summed E-state index contributed by atoms with van der Waals surface area (Å²) in [4.78, 5) is 35.6. The minimum absolute atomic E-state index is 0.0357. The first-order valence-electron chi connectivity index (χ1n) is 10.3. The van der Waals surface area contributed by atoms with Crippen molar-refractivity contribution in [3.63, 3.8) is 0 Å². The second-order valence-corrected chi connectivity index (χ2v) is 8.66. The summed E-state index contributed by atoms with van der Waals surface area (Å²) >= 11 is 0. The summed E-state index contributed by atoms with van der Waals surface area (Å²) in [5, 5.41) is 7.50. The average Bonchev–Trinajstić information content (AvgIpc) is 3.12. The molecule has 0 spiro atoms. The van der Waals surface area contributed by atoms with Crippen LogP contribution in [0.25, 0.3) is 11.3 Å². The largest absolute Gasteiger partial charge is 0.465 e. The Morgan fingerprint density at radius 2 is 2.00 bits per heavy atom. The molecule has 2 aromatic heterocycles. The predicted molar refractivity (Wildman–Crippen MR) is 115 cm³/mol. The van der Waals surface area contributed by atoms with Gasteiger partial charge in [0.1, 0.15) is 11.2 Å².